The molecular formula is C11H6ClF3O3. The molecule has 7 heteroatoms. The molecule has 96 valence electrons. The van der Waals surface area contributed by atoms with Crippen LogP contribution in [-0.2, 0) is 0 Å². The van der Waals surface area contributed by atoms with Crippen LogP contribution in [0.25, 0.3) is 11.0 Å². The van der Waals surface area contributed by atoms with Crippen molar-refractivity contribution in [2.75, 3.05) is 0 Å². The standard InChI is InChI=1S/C11H6ClF3O3/c12-5-1-2-6-7(16)4-9(17-8(6)3-5)18-11(15)10(13)14/h1-4,10-11H. The summed E-state index contributed by atoms with van der Waals surface area (Å²) in [5, 5.41) is 0.479. The fourth-order valence-corrected chi connectivity index (χ4v) is 1.49. The Morgan fingerprint density at radius 3 is 2.61 bits per heavy atom. The lowest BCUT2D eigenvalue weighted by atomic mass is 10.2. The van der Waals surface area contributed by atoms with Crippen LogP contribution in [0.4, 0.5) is 13.2 Å². The van der Waals surface area contributed by atoms with Crippen molar-refractivity contribution in [2.24, 2.45) is 0 Å². The number of hydrogen-bond acceptors (Lipinski definition) is 3. The van der Waals surface area contributed by atoms with Gasteiger partial charge >= 0.3 is 12.8 Å². The summed E-state index contributed by atoms with van der Waals surface area (Å²) in [6, 6.07) is 4.98. The maximum Gasteiger partial charge on any atom is 0.304 e. The molecule has 2 aromatic rings. The van der Waals surface area contributed by atoms with E-state index in [9.17, 15) is 18.0 Å². The summed E-state index contributed by atoms with van der Waals surface area (Å²) in [4.78, 5) is 11.6. The zero-order valence-corrected chi connectivity index (χ0v) is 9.46. The topological polar surface area (TPSA) is 39.4 Å². The molecule has 1 unspecified atom stereocenters. The molecule has 0 aliphatic carbocycles. The number of ether oxygens (including phenoxy) is 1. The van der Waals surface area contributed by atoms with Crippen LogP contribution in [0.1, 0.15) is 0 Å². The lowest BCUT2D eigenvalue weighted by Crippen LogP contribution is -2.20. The van der Waals surface area contributed by atoms with Crippen molar-refractivity contribution in [3.63, 3.8) is 0 Å². The van der Waals surface area contributed by atoms with Gasteiger partial charge < -0.3 is 9.15 Å². The van der Waals surface area contributed by atoms with Crippen molar-refractivity contribution in [1.82, 2.24) is 0 Å². The van der Waals surface area contributed by atoms with Crippen LogP contribution in [0.15, 0.2) is 33.5 Å². The molecule has 18 heavy (non-hydrogen) atoms. The predicted molar refractivity (Wildman–Crippen MR) is 59.0 cm³/mol. The van der Waals surface area contributed by atoms with E-state index in [0.29, 0.717) is 0 Å². The SMILES string of the molecule is O=c1cc(OC(F)C(F)F)oc2cc(Cl)ccc12. The molecule has 0 saturated carbocycles. The molecule has 0 aliphatic heterocycles. The van der Waals surface area contributed by atoms with Crippen molar-refractivity contribution in [3.05, 3.63) is 39.5 Å². The lowest BCUT2D eigenvalue weighted by Gasteiger charge is -2.09. The highest BCUT2D eigenvalue weighted by molar-refractivity contribution is 6.31. The second kappa shape index (κ2) is 4.89. The fraction of sp³-hybridized carbons (Fsp3) is 0.182. The number of halogens is 4. The Balaban J connectivity index is 2.45. The van der Waals surface area contributed by atoms with Crippen LogP contribution in [-0.4, -0.2) is 12.8 Å². The molecular weight excluding hydrogens is 273 g/mol. The zero-order chi connectivity index (χ0) is 13.3. The third-order valence-electron chi connectivity index (χ3n) is 2.10. The minimum absolute atomic E-state index is 0.0338. The summed E-state index contributed by atoms with van der Waals surface area (Å²) in [5.74, 6) is -0.623. The molecule has 0 amide bonds. The van der Waals surface area contributed by atoms with E-state index in [2.05, 4.69) is 4.74 Å². The molecule has 0 N–H and O–H groups in total. The second-order valence-corrected chi connectivity index (χ2v) is 3.81. The molecule has 1 heterocycles. The number of alkyl halides is 3. The maximum atomic E-state index is 12.7. The van der Waals surface area contributed by atoms with E-state index in [1.807, 2.05) is 0 Å². The van der Waals surface area contributed by atoms with Crippen LogP contribution in [0.5, 0.6) is 5.95 Å². The molecule has 0 spiro atoms. The summed E-state index contributed by atoms with van der Waals surface area (Å²) < 4.78 is 45.7. The van der Waals surface area contributed by atoms with Gasteiger partial charge in [-0.25, -0.2) is 8.78 Å². The van der Waals surface area contributed by atoms with Crippen LogP contribution in [0.3, 0.4) is 0 Å². The summed E-state index contributed by atoms with van der Waals surface area (Å²) in [5.41, 5.74) is -0.504. The van der Waals surface area contributed by atoms with Crippen molar-refractivity contribution in [3.8, 4) is 5.95 Å². The molecule has 2 rings (SSSR count). The highest BCUT2D eigenvalue weighted by atomic mass is 35.5. The molecule has 0 saturated heterocycles. The van der Waals surface area contributed by atoms with E-state index < -0.39 is 24.2 Å². The van der Waals surface area contributed by atoms with Crippen molar-refractivity contribution >= 4 is 22.6 Å². The number of fused-ring (bicyclic) bond motifs is 1. The van der Waals surface area contributed by atoms with E-state index in [1.165, 1.54) is 18.2 Å². The zero-order valence-electron chi connectivity index (χ0n) is 8.70. The predicted octanol–water partition coefficient (Wildman–Crippen LogP) is 3.39. The molecule has 0 aliphatic rings. The minimum atomic E-state index is -3.33. The van der Waals surface area contributed by atoms with E-state index in [1.54, 1.807) is 0 Å². The first-order valence-electron chi connectivity index (χ1n) is 4.79. The molecule has 1 atom stereocenters. The van der Waals surface area contributed by atoms with Gasteiger partial charge in [0.1, 0.15) is 5.58 Å². The van der Waals surface area contributed by atoms with Gasteiger partial charge in [0.2, 0.25) is 0 Å². The lowest BCUT2D eigenvalue weighted by molar-refractivity contribution is -0.0767. The number of benzene rings is 1. The van der Waals surface area contributed by atoms with E-state index in [0.717, 1.165) is 6.07 Å². The average molecular weight is 279 g/mol. The van der Waals surface area contributed by atoms with Gasteiger partial charge in [0, 0.05) is 11.1 Å². The Morgan fingerprint density at radius 1 is 1.22 bits per heavy atom. The normalized spacial score (nSPS) is 12.9. The van der Waals surface area contributed by atoms with E-state index in [4.69, 9.17) is 16.0 Å². The Bertz CT molecular complexity index is 626. The molecule has 0 radical (unpaired) electrons. The summed E-state index contributed by atoms with van der Waals surface area (Å²) in [6.45, 7) is 0. The highest BCUT2D eigenvalue weighted by Crippen LogP contribution is 2.22. The molecule has 3 nitrogen and oxygen atoms in total. The van der Waals surface area contributed by atoms with Gasteiger partial charge in [-0.2, -0.15) is 4.39 Å². The van der Waals surface area contributed by atoms with Gasteiger partial charge in [-0.15, -0.1) is 0 Å². The average Bonchev–Trinajstić information content (AvgIpc) is 2.27. The first kappa shape index (κ1) is 12.8. The van der Waals surface area contributed by atoms with Gasteiger partial charge in [0.25, 0.3) is 5.95 Å². The molecule has 1 aromatic heterocycles. The van der Waals surface area contributed by atoms with Gasteiger partial charge in [-0.05, 0) is 12.1 Å². The molecule has 0 bridgehead atoms. The quantitative estimate of drug-likeness (QED) is 0.864. The van der Waals surface area contributed by atoms with E-state index >= 15 is 0 Å². The van der Waals surface area contributed by atoms with Crippen LogP contribution in [0.2, 0.25) is 5.02 Å². The van der Waals surface area contributed by atoms with Crippen molar-refractivity contribution in [2.45, 2.75) is 12.8 Å². The summed E-state index contributed by atoms with van der Waals surface area (Å²) in [6.07, 6.45) is -6.19. The van der Waals surface area contributed by atoms with Crippen molar-refractivity contribution < 1.29 is 22.3 Å². The first-order chi connectivity index (χ1) is 8.47. The van der Waals surface area contributed by atoms with Gasteiger partial charge in [-0.1, -0.05) is 11.6 Å². The minimum Gasteiger partial charge on any atom is -0.425 e. The monoisotopic (exact) mass is 278 g/mol. The highest BCUT2D eigenvalue weighted by Gasteiger charge is 2.22. The Kier molecular flexibility index (Phi) is 3.47. The second-order valence-electron chi connectivity index (χ2n) is 3.37. The molecule has 0 fully saturated rings. The third-order valence-corrected chi connectivity index (χ3v) is 2.33. The van der Waals surface area contributed by atoms with Gasteiger partial charge in [-0.3, -0.25) is 4.79 Å². The summed E-state index contributed by atoms with van der Waals surface area (Å²) >= 11 is 5.68. The largest absolute Gasteiger partial charge is 0.425 e. The first-order valence-corrected chi connectivity index (χ1v) is 5.17. The van der Waals surface area contributed by atoms with Crippen molar-refractivity contribution in [1.29, 1.82) is 0 Å². The Labute approximate surface area is 104 Å². The Hall–Kier alpha value is -1.69. The number of rotatable bonds is 3. The van der Waals surface area contributed by atoms with Gasteiger partial charge in [0.15, 0.2) is 5.43 Å². The fourth-order valence-electron chi connectivity index (χ4n) is 1.33. The smallest absolute Gasteiger partial charge is 0.304 e. The van der Waals surface area contributed by atoms with E-state index in [-0.39, 0.29) is 16.0 Å². The summed E-state index contributed by atoms with van der Waals surface area (Å²) in [7, 11) is 0. The molecule has 1 aromatic carbocycles. The number of hydrogen-bond donors (Lipinski definition) is 0. The Morgan fingerprint density at radius 2 is 1.94 bits per heavy atom. The van der Waals surface area contributed by atoms with Crippen LogP contribution >= 0.6 is 11.6 Å². The van der Waals surface area contributed by atoms with Crippen LogP contribution in [0, 0.1) is 0 Å². The van der Waals surface area contributed by atoms with Gasteiger partial charge in [0.05, 0.1) is 11.5 Å². The third kappa shape index (κ3) is 2.59. The van der Waals surface area contributed by atoms with Crippen LogP contribution < -0.4 is 10.2 Å². The maximum absolute atomic E-state index is 12.7.